The average molecular weight is 322 g/mol. The molecule has 0 aliphatic carbocycles. The molecular weight excluding hydrogens is 304 g/mol. The van der Waals surface area contributed by atoms with Crippen LogP contribution in [0.1, 0.15) is 28.4 Å². The molecule has 122 valence electrons. The van der Waals surface area contributed by atoms with Crippen LogP contribution in [0, 0.1) is 5.41 Å². The first-order valence-electron chi connectivity index (χ1n) is 8.09. The van der Waals surface area contributed by atoms with Gasteiger partial charge >= 0.3 is 0 Å². The quantitative estimate of drug-likeness (QED) is 0.902. The molecule has 1 aromatic carbocycles. The summed E-state index contributed by atoms with van der Waals surface area (Å²) in [5.41, 5.74) is 0.878. The second-order valence-electron chi connectivity index (χ2n) is 6.40. The van der Waals surface area contributed by atoms with Gasteiger partial charge in [-0.1, -0.05) is 30.3 Å². The van der Waals surface area contributed by atoms with Crippen LogP contribution in [-0.2, 0) is 4.79 Å². The summed E-state index contributed by atoms with van der Waals surface area (Å²) in [5.74, 6) is -0.117. The Balaban J connectivity index is 1.69. The predicted octanol–water partition coefficient (Wildman–Crippen LogP) is 1.22. The van der Waals surface area contributed by atoms with Crippen molar-refractivity contribution in [3.63, 3.8) is 0 Å². The van der Waals surface area contributed by atoms with Crippen LogP contribution in [0.4, 0.5) is 0 Å². The minimum absolute atomic E-state index is 0.00169. The zero-order chi connectivity index (χ0) is 16.6. The zero-order valence-corrected chi connectivity index (χ0v) is 13.2. The average Bonchev–Trinajstić information content (AvgIpc) is 3.20. The van der Waals surface area contributed by atoms with E-state index in [1.54, 1.807) is 11.1 Å². The first kappa shape index (κ1) is 14.8. The van der Waals surface area contributed by atoms with Gasteiger partial charge in [-0.25, -0.2) is 4.98 Å². The molecule has 1 N–H and O–H groups in total. The van der Waals surface area contributed by atoms with E-state index in [1.165, 1.54) is 12.4 Å². The molecule has 1 aromatic heterocycles. The summed E-state index contributed by atoms with van der Waals surface area (Å²) in [6.45, 7) is 1.61. The lowest BCUT2D eigenvalue weighted by Gasteiger charge is -2.27. The second kappa shape index (κ2) is 5.70. The monoisotopic (exact) mass is 322 g/mol. The topological polar surface area (TPSA) is 75.2 Å². The van der Waals surface area contributed by atoms with Crippen molar-refractivity contribution in [2.24, 2.45) is 5.41 Å². The minimum atomic E-state index is -0.542. The summed E-state index contributed by atoms with van der Waals surface area (Å²) < 4.78 is 0. The van der Waals surface area contributed by atoms with Gasteiger partial charge in [0.05, 0.1) is 11.6 Å². The largest absolute Gasteiger partial charge is 0.356 e. The predicted molar refractivity (Wildman–Crippen MR) is 87.2 cm³/mol. The third-order valence-electron chi connectivity index (χ3n) is 5.12. The summed E-state index contributed by atoms with van der Waals surface area (Å²) in [6.07, 6.45) is 5.27. The van der Waals surface area contributed by atoms with Gasteiger partial charge in [0.15, 0.2) is 0 Å². The lowest BCUT2D eigenvalue weighted by molar-refractivity contribution is -0.127. The van der Waals surface area contributed by atoms with Gasteiger partial charge in [0.2, 0.25) is 5.91 Å². The highest BCUT2D eigenvalue weighted by Gasteiger charge is 2.55. The summed E-state index contributed by atoms with van der Waals surface area (Å²) in [7, 11) is 0. The molecule has 3 heterocycles. The summed E-state index contributed by atoms with van der Waals surface area (Å²) in [5, 5.41) is 2.95. The third-order valence-corrected chi connectivity index (χ3v) is 5.12. The smallest absolute Gasteiger partial charge is 0.274 e. The first-order chi connectivity index (χ1) is 11.7. The van der Waals surface area contributed by atoms with Crippen molar-refractivity contribution >= 4 is 11.8 Å². The lowest BCUT2D eigenvalue weighted by Crippen LogP contribution is -2.38. The van der Waals surface area contributed by atoms with Crippen LogP contribution in [-0.4, -0.2) is 46.3 Å². The molecule has 0 unspecified atom stereocenters. The van der Waals surface area contributed by atoms with Crippen LogP contribution in [0.5, 0.6) is 0 Å². The molecule has 6 heteroatoms. The molecule has 1 spiro atoms. The number of likely N-dealkylation sites (tertiary alicyclic amines) is 1. The Morgan fingerprint density at radius 1 is 1.25 bits per heavy atom. The van der Waals surface area contributed by atoms with E-state index in [1.807, 2.05) is 30.3 Å². The summed E-state index contributed by atoms with van der Waals surface area (Å²) in [6, 6.07) is 9.98. The Labute approximate surface area is 139 Å². The number of hydrogen-bond donors (Lipinski definition) is 1. The van der Waals surface area contributed by atoms with Crippen LogP contribution < -0.4 is 5.32 Å². The molecule has 0 bridgehead atoms. The lowest BCUT2D eigenvalue weighted by atomic mass is 9.73. The van der Waals surface area contributed by atoms with E-state index in [0.29, 0.717) is 25.3 Å². The van der Waals surface area contributed by atoms with Gasteiger partial charge < -0.3 is 10.2 Å². The molecule has 4 rings (SSSR count). The van der Waals surface area contributed by atoms with Gasteiger partial charge in [-0.05, 0) is 12.0 Å². The molecule has 24 heavy (non-hydrogen) atoms. The van der Waals surface area contributed by atoms with Gasteiger partial charge in [-0.2, -0.15) is 0 Å². The molecule has 2 atom stereocenters. The SMILES string of the molecule is O=C(c1cnccn1)N1C[C@@H](c2ccccc2)[C@@]2(CCNC2=O)C1. The number of aromatic nitrogens is 2. The normalized spacial score (nSPS) is 25.9. The molecule has 2 fully saturated rings. The number of nitrogens with zero attached hydrogens (tertiary/aromatic N) is 3. The molecule has 2 aromatic rings. The summed E-state index contributed by atoms with van der Waals surface area (Å²) in [4.78, 5) is 35.2. The van der Waals surface area contributed by atoms with Gasteiger partial charge in [0.25, 0.3) is 5.91 Å². The van der Waals surface area contributed by atoms with Crippen molar-refractivity contribution < 1.29 is 9.59 Å². The first-order valence-corrected chi connectivity index (χ1v) is 8.09. The second-order valence-corrected chi connectivity index (χ2v) is 6.40. The zero-order valence-electron chi connectivity index (χ0n) is 13.2. The number of amides is 2. The highest BCUT2D eigenvalue weighted by Crippen LogP contribution is 2.47. The maximum Gasteiger partial charge on any atom is 0.274 e. The van der Waals surface area contributed by atoms with Crippen molar-refractivity contribution in [2.45, 2.75) is 12.3 Å². The highest BCUT2D eigenvalue weighted by atomic mass is 16.2. The van der Waals surface area contributed by atoms with Crippen LogP contribution in [0.2, 0.25) is 0 Å². The Hall–Kier alpha value is -2.76. The third kappa shape index (κ3) is 2.26. The Morgan fingerprint density at radius 2 is 2.08 bits per heavy atom. The summed E-state index contributed by atoms with van der Waals surface area (Å²) >= 11 is 0. The fraction of sp³-hybridized carbons (Fsp3) is 0.333. The standard InChI is InChI=1S/C18H18N4O2/c23-16(15-10-19-8-9-20-15)22-11-14(13-4-2-1-3-5-13)18(12-22)6-7-21-17(18)24/h1-5,8-10,14H,6-7,11-12H2,(H,21,24)/t14-,18+/m0/s1. The maximum absolute atomic E-state index is 12.8. The van der Waals surface area contributed by atoms with Crippen molar-refractivity contribution in [1.29, 1.82) is 0 Å². The molecular formula is C18H18N4O2. The fourth-order valence-electron chi connectivity index (χ4n) is 3.92. The van der Waals surface area contributed by atoms with Gasteiger partial charge in [-0.3, -0.25) is 14.6 Å². The van der Waals surface area contributed by atoms with Crippen molar-refractivity contribution in [3.8, 4) is 0 Å². The van der Waals surface area contributed by atoms with E-state index in [4.69, 9.17) is 0 Å². The van der Waals surface area contributed by atoms with Gasteiger partial charge in [0.1, 0.15) is 5.69 Å². The van der Waals surface area contributed by atoms with Crippen LogP contribution in [0.3, 0.4) is 0 Å². The van der Waals surface area contributed by atoms with Crippen molar-refractivity contribution in [2.75, 3.05) is 19.6 Å². The van der Waals surface area contributed by atoms with Crippen molar-refractivity contribution in [1.82, 2.24) is 20.2 Å². The van der Waals surface area contributed by atoms with E-state index in [9.17, 15) is 9.59 Å². The van der Waals surface area contributed by atoms with E-state index >= 15 is 0 Å². The van der Waals surface area contributed by atoms with Crippen LogP contribution in [0.25, 0.3) is 0 Å². The molecule has 2 aliphatic heterocycles. The Morgan fingerprint density at radius 3 is 2.75 bits per heavy atom. The molecule has 2 saturated heterocycles. The van der Waals surface area contributed by atoms with E-state index in [0.717, 1.165) is 12.0 Å². The van der Waals surface area contributed by atoms with Crippen LogP contribution >= 0.6 is 0 Å². The number of rotatable bonds is 2. The highest BCUT2D eigenvalue weighted by molar-refractivity contribution is 5.94. The van der Waals surface area contributed by atoms with Gasteiger partial charge in [0, 0.05) is 37.9 Å². The van der Waals surface area contributed by atoms with E-state index < -0.39 is 5.41 Å². The minimum Gasteiger partial charge on any atom is -0.356 e. The number of nitrogens with one attached hydrogen (secondary N) is 1. The van der Waals surface area contributed by atoms with Crippen LogP contribution in [0.15, 0.2) is 48.9 Å². The number of carbonyl (C=O) groups is 2. The Kier molecular flexibility index (Phi) is 3.52. The fourth-order valence-corrected chi connectivity index (χ4v) is 3.92. The number of hydrogen-bond acceptors (Lipinski definition) is 4. The Bertz CT molecular complexity index is 765. The molecule has 6 nitrogen and oxygen atoms in total. The maximum atomic E-state index is 12.8. The number of benzene rings is 1. The van der Waals surface area contributed by atoms with Crippen molar-refractivity contribution in [3.05, 3.63) is 60.2 Å². The molecule has 0 saturated carbocycles. The molecule has 0 radical (unpaired) electrons. The number of carbonyl (C=O) groups excluding carboxylic acids is 2. The van der Waals surface area contributed by atoms with Gasteiger partial charge in [-0.15, -0.1) is 0 Å². The van der Waals surface area contributed by atoms with E-state index in [2.05, 4.69) is 15.3 Å². The van der Waals surface area contributed by atoms with E-state index in [-0.39, 0.29) is 17.7 Å². The molecule has 2 amide bonds. The molecule has 2 aliphatic rings.